The summed E-state index contributed by atoms with van der Waals surface area (Å²) in [4.78, 5) is 7.83. The first-order chi connectivity index (χ1) is 9.63. The van der Waals surface area contributed by atoms with Gasteiger partial charge in [-0.1, -0.05) is 23.7 Å². The van der Waals surface area contributed by atoms with Crippen LogP contribution in [0.5, 0.6) is 5.75 Å². The lowest BCUT2D eigenvalue weighted by Crippen LogP contribution is -1.97. The second kappa shape index (κ2) is 5.17. The summed E-state index contributed by atoms with van der Waals surface area (Å²) in [5, 5.41) is 0.747. The minimum atomic E-state index is 0.412. The molecular weight excluding hydrogens is 272 g/mol. The number of aryl methyl sites for hydroxylation is 2. The standard InChI is InChI=1S/C16H15ClN2O/c1-10-4-3-5-14-16(10)19-15(18-14)9-20-12-6-7-13(17)11(2)8-12/h3-8H,9H2,1-2H3,(H,18,19). The summed E-state index contributed by atoms with van der Waals surface area (Å²) in [6, 6.07) is 11.7. The Morgan fingerprint density at radius 2 is 2.00 bits per heavy atom. The highest BCUT2D eigenvalue weighted by Crippen LogP contribution is 2.22. The molecule has 3 nitrogen and oxygen atoms in total. The van der Waals surface area contributed by atoms with Crippen molar-refractivity contribution in [2.45, 2.75) is 20.5 Å². The molecular formula is C16H15ClN2O. The first-order valence-corrected chi connectivity index (χ1v) is 6.84. The zero-order chi connectivity index (χ0) is 14.1. The number of para-hydroxylation sites is 1. The Bertz CT molecular complexity index is 764. The molecule has 0 bridgehead atoms. The van der Waals surface area contributed by atoms with E-state index in [1.807, 2.05) is 37.3 Å². The summed E-state index contributed by atoms with van der Waals surface area (Å²) in [6.45, 7) is 4.42. The molecule has 4 heteroatoms. The van der Waals surface area contributed by atoms with Crippen molar-refractivity contribution in [1.29, 1.82) is 0 Å². The fourth-order valence-corrected chi connectivity index (χ4v) is 2.27. The highest BCUT2D eigenvalue weighted by molar-refractivity contribution is 6.31. The molecule has 0 saturated carbocycles. The third-order valence-electron chi connectivity index (χ3n) is 3.27. The zero-order valence-corrected chi connectivity index (χ0v) is 12.2. The Morgan fingerprint density at radius 3 is 2.75 bits per heavy atom. The summed E-state index contributed by atoms with van der Waals surface area (Å²) >= 11 is 5.99. The number of imidazole rings is 1. The van der Waals surface area contributed by atoms with Crippen LogP contribution in [-0.4, -0.2) is 9.97 Å². The number of nitrogens with one attached hydrogen (secondary N) is 1. The number of benzene rings is 2. The monoisotopic (exact) mass is 286 g/mol. The van der Waals surface area contributed by atoms with E-state index in [0.717, 1.165) is 38.8 Å². The Balaban J connectivity index is 1.79. The average molecular weight is 287 g/mol. The van der Waals surface area contributed by atoms with Gasteiger partial charge in [0.1, 0.15) is 18.2 Å². The predicted molar refractivity (Wildman–Crippen MR) is 81.4 cm³/mol. The topological polar surface area (TPSA) is 37.9 Å². The van der Waals surface area contributed by atoms with Crippen LogP contribution >= 0.6 is 11.6 Å². The van der Waals surface area contributed by atoms with E-state index in [2.05, 4.69) is 23.0 Å². The van der Waals surface area contributed by atoms with Gasteiger partial charge < -0.3 is 9.72 Å². The van der Waals surface area contributed by atoms with Gasteiger partial charge in [-0.25, -0.2) is 4.98 Å². The molecule has 1 heterocycles. The molecule has 20 heavy (non-hydrogen) atoms. The second-order valence-electron chi connectivity index (χ2n) is 4.85. The summed E-state index contributed by atoms with van der Waals surface area (Å²) in [5.74, 6) is 1.62. The molecule has 0 atom stereocenters. The van der Waals surface area contributed by atoms with Gasteiger partial charge >= 0.3 is 0 Å². The van der Waals surface area contributed by atoms with Gasteiger partial charge in [0.05, 0.1) is 11.0 Å². The number of ether oxygens (including phenoxy) is 1. The molecule has 0 amide bonds. The lowest BCUT2D eigenvalue weighted by molar-refractivity contribution is 0.297. The van der Waals surface area contributed by atoms with Crippen LogP contribution in [0.15, 0.2) is 36.4 Å². The van der Waals surface area contributed by atoms with E-state index in [9.17, 15) is 0 Å². The smallest absolute Gasteiger partial charge is 0.146 e. The summed E-state index contributed by atoms with van der Waals surface area (Å²) in [7, 11) is 0. The number of halogens is 1. The molecule has 0 saturated heterocycles. The number of hydrogen-bond donors (Lipinski definition) is 1. The Kier molecular flexibility index (Phi) is 3.36. The van der Waals surface area contributed by atoms with E-state index in [4.69, 9.17) is 16.3 Å². The molecule has 1 N–H and O–H groups in total. The molecule has 0 aliphatic heterocycles. The largest absolute Gasteiger partial charge is 0.486 e. The number of H-pyrrole nitrogens is 1. The van der Waals surface area contributed by atoms with E-state index >= 15 is 0 Å². The maximum Gasteiger partial charge on any atom is 0.146 e. The molecule has 0 radical (unpaired) electrons. The molecule has 3 rings (SSSR count). The van der Waals surface area contributed by atoms with Crippen molar-refractivity contribution < 1.29 is 4.74 Å². The number of aromatic amines is 1. The normalized spacial score (nSPS) is 10.9. The van der Waals surface area contributed by atoms with Gasteiger partial charge in [0, 0.05) is 5.02 Å². The van der Waals surface area contributed by atoms with Crippen molar-refractivity contribution in [3.63, 3.8) is 0 Å². The van der Waals surface area contributed by atoms with E-state index in [1.165, 1.54) is 0 Å². The van der Waals surface area contributed by atoms with Crippen molar-refractivity contribution in [2.24, 2.45) is 0 Å². The van der Waals surface area contributed by atoms with Crippen molar-refractivity contribution in [1.82, 2.24) is 9.97 Å². The van der Waals surface area contributed by atoms with Crippen molar-refractivity contribution in [3.05, 3.63) is 58.4 Å². The molecule has 2 aromatic carbocycles. The van der Waals surface area contributed by atoms with Gasteiger partial charge in [-0.3, -0.25) is 0 Å². The summed E-state index contributed by atoms with van der Waals surface area (Å²) < 4.78 is 5.74. The lowest BCUT2D eigenvalue weighted by Gasteiger charge is -2.05. The first-order valence-electron chi connectivity index (χ1n) is 6.46. The Hall–Kier alpha value is -2.00. The molecule has 102 valence electrons. The van der Waals surface area contributed by atoms with Crippen LogP contribution < -0.4 is 4.74 Å². The maximum absolute atomic E-state index is 5.99. The van der Waals surface area contributed by atoms with Crippen LogP contribution in [0.25, 0.3) is 11.0 Å². The molecule has 0 unspecified atom stereocenters. The number of rotatable bonds is 3. The third-order valence-corrected chi connectivity index (χ3v) is 3.69. The Labute approximate surface area is 122 Å². The highest BCUT2D eigenvalue weighted by atomic mass is 35.5. The predicted octanol–water partition coefficient (Wildman–Crippen LogP) is 4.41. The zero-order valence-electron chi connectivity index (χ0n) is 11.4. The first kappa shape index (κ1) is 13.0. The van der Waals surface area contributed by atoms with Gasteiger partial charge in [0.25, 0.3) is 0 Å². The van der Waals surface area contributed by atoms with E-state index in [1.54, 1.807) is 0 Å². The number of nitrogens with zero attached hydrogens (tertiary/aromatic N) is 1. The van der Waals surface area contributed by atoms with Crippen LogP contribution in [-0.2, 0) is 6.61 Å². The fraction of sp³-hybridized carbons (Fsp3) is 0.188. The highest BCUT2D eigenvalue weighted by Gasteiger charge is 2.06. The van der Waals surface area contributed by atoms with E-state index in [-0.39, 0.29) is 0 Å². The fourth-order valence-electron chi connectivity index (χ4n) is 2.15. The Morgan fingerprint density at radius 1 is 1.15 bits per heavy atom. The van der Waals surface area contributed by atoms with Crippen LogP contribution in [0.3, 0.4) is 0 Å². The van der Waals surface area contributed by atoms with Crippen LogP contribution in [0.2, 0.25) is 5.02 Å². The second-order valence-corrected chi connectivity index (χ2v) is 5.26. The molecule has 0 fully saturated rings. The van der Waals surface area contributed by atoms with Gasteiger partial charge in [0.15, 0.2) is 0 Å². The van der Waals surface area contributed by atoms with E-state index < -0.39 is 0 Å². The van der Waals surface area contributed by atoms with Gasteiger partial charge in [-0.05, 0) is 49.2 Å². The third kappa shape index (κ3) is 2.49. The number of aromatic nitrogens is 2. The SMILES string of the molecule is Cc1cc(OCc2nc3c(C)cccc3[nH]2)ccc1Cl. The number of fused-ring (bicyclic) bond motifs is 1. The average Bonchev–Trinajstić information content (AvgIpc) is 2.85. The minimum absolute atomic E-state index is 0.412. The van der Waals surface area contributed by atoms with Crippen molar-refractivity contribution in [3.8, 4) is 5.75 Å². The molecule has 0 spiro atoms. The molecule has 0 aliphatic rings. The van der Waals surface area contributed by atoms with Gasteiger partial charge in [-0.15, -0.1) is 0 Å². The number of hydrogen-bond acceptors (Lipinski definition) is 2. The summed E-state index contributed by atoms with van der Waals surface area (Å²) in [5.41, 5.74) is 4.20. The molecule has 3 aromatic rings. The minimum Gasteiger partial charge on any atom is -0.486 e. The van der Waals surface area contributed by atoms with E-state index in [0.29, 0.717) is 6.61 Å². The molecule has 1 aromatic heterocycles. The van der Waals surface area contributed by atoms with Crippen LogP contribution in [0, 0.1) is 13.8 Å². The van der Waals surface area contributed by atoms with Crippen LogP contribution in [0.1, 0.15) is 17.0 Å². The molecule has 0 aliphatic carbocycles. The van der Waals surface area contributed by atoms with Crippen LogP contribution in [0.4, 0.5) is 0 Å². The van der Waals surface area contributed by atoms with Gasteiger partial charge in [-0.2, -0.15) is 0 Å². The maximum atomic E-state index is 5.99. The lowest BCUT2D eigenvalue weighted by atomic mass is 10.2. The van der Waals surface area contributed by atoms with Crippen molar-refractivity contribution >= 4 is 22.6 Å². The summed E-state index contributed by atoms with van der Waals surface area (Å²) in [6.07, 6.45) is 0. The quantitative estimate of drug-likeness (QED) is 0.774. The van der Waals surface area contributed by atoms with Gasteiger partial charge in [0.2, 0.25) is 0 Å². The van der Waals surface area contributed by atoms with Crippen molar-refractivity contribution in [2.75, 3.05) is 0 Å².